The van der Waals surface area contributed by atoms with Gasteiger partial charge in [0.15, 0.2) is 11.9 Å². The summed E-state index contributed by atoms with van der Waals surface area (Å²) in [6.45, 7) is 1.19. The zero-order valence-electron chi connectivity index (χ0n) is 33.4. The first kappa shape index (κ1) is 53.6. The van der Waals surface area contributed by atoms with Crippen LogP contribution in [0.4, 0.5) is 0 Å². The highest BCUT2D eigenvalue weighted by atomic mass is 32.2. The molecule has 6 atom stereocenters. The molecule has 0 unspecified atom stereocenters. The number of aliphatic carboxylic acids is 2. The van der Waals surface area contributed by atoms with Crippen molar-refractivity contribution in [1.29, 1.82) is 0 Å². The normalized spacial score (nSPS) is 13.6. The van der Waals surface area contributed by atoms with Gasteiger partial charge in [-0.1, -0.05) is 0 Å². The standard InChI is InChI=1S/C33H58N14O12S/c1-16(48)42-19(8-10-24(50)51)28(56)47-22(15-25(52)53)31(59)46-21(11-14-60-2)30(58)45-20(7-9-23(34)49)29(57)44-18(6-4-13-41-33(38)39)27(55)43-17(26(35)54)5-3-12-40-32(36)37/h17-22H,3-15H2,1-2H3,(H2,34,49)(H2,35,54)(H,42,48)(H,43,55)(H,44,57)(H,45,58)(H,46,59)(H,47,56)(H,50,51)(H,52,53)(H4,36,37,40)(H4,38,39,41)/t17-,18-,19-,20-,21-,22-/m0/s1. The van der Waals surface area contributed by atoms with Gasteiger partial charge < -0.3 is 76.5 Å². The number of carboxylic acid groups (broad SMARTS) is 2. The first-order valence-electron chi connectivity index (χ1n) is 18.5. The fraction of sp³-hybridized carbons (Fsp3) is 0.636. The van der Waals surface area contributed by atoms with Crippen LogP contribution in [-0.4, -0.2) is 143 Å². The van der Waals surface area contributed by atoms with Crippen molar-refractivity contribution in [3.63, 3.8) is 0 Å². The van der Waals surface area contributed by atoms with E-state index in [1.54, 1.807) is 6.26 Å². The maximum absolute atomic E-state index is 13.8. The summed E-state index contributed by atoms with van der Waals surface area (Å²) in [7, 11) is 0. The number of aliphatic imine (C=N–C) groups is 2. The predicted octanol–water partition coefficient (Wildman–Crippen LogP) is -6.13. The highest BCUT2D eigenvalue weighted by molar-refractivity contribution is 7.98. The second kappa shape index (κ2) is 28.9. The van der Waals surface area contributed by atoms with Gasteiger partial charge in [0, 0.05) is 32.9 Å². The smallest absolute Gasteiger partial charge is 0.305 e. The van der Waals surface area contributed by atoms with Gasteiger partial charge in [0.2, 0.25) is 47.3 Å². The first-order chi connectivity index (χ1) is 28.1. The predicted molar refractivity (Wildman–Crippen MR) is 217 cm³/mol. The average molecular weight is 875 g/mol. The van der Waals surface area contributed by atoms with Crippen molar-refractivity contribution in [2.75, 3.05) is 25.1 Å². The van der Waals surface area contributed by atoms with Gasteiger partial charge in [-0.15, -0.1) is 0 Å². The summed E-state index contributed by atoms with van der Waals surface area (Å²) in [5.41, 5.74) is 32.2. The molecule has 60 heavy (non-hydrogen) atoms. The van der Waals surface area contributed by atoms with Crippen molar-refractivity contribution in [3.8, 4) is 0 Å². The molecule has 0 radical (unpaired) electrons. The second-order valence-corrected chi connectivity index (χ2v) is 14.2. The average Bonchev–Trinajstić information content (AvgIpc) is 3.14. The summed E-state index contributed by atoms with van der Waals surface area (Å²) in [6.07, 6.45) is -0.944. The number of rotatable bonds is 31. The van der Waals surface area contributed by atoms with Crippen LogP contribution in [0, 0.1) is 0 Å². The molecule has 0 saturated heterocycles. The number of amides is 8. The number of carboxylic acids is 2. The molecular weight excluding hydrogens is 817 g/mol. The largest absolute Gasteiger partial charge is 0.481 e. The van der Waals surface area contributed by atoms with Crippen molar-refractivity contribution in [3.05, 3.63) is 0 Å². The molecule has 0 aliphatic carbocycles. The lowest BCUT2D eigenvalue weighted by Crippen LogP contribution is -2.60. The highest BCUT2D eigenvalue weighted by Gasteiger charge is 2.34. The molecule has 27 heteroatoms. The quantitative estimate of drug-likeness (QED) is 0.0175. The molecule has 0 aliphatic rings. The molecular formula is C33H58N14O12S. The Balaban J connectivity index is 6.47. The van der Waals surface area contributed by atoms with Crippen LogP contribution < -0.4 is 66.3 Å². The number of primary amides is 2. The number of nitrogens with one attached hydrogen (secondary N) is 6. The number of hydrogen-bond donors (Lipinski definition) is 14. The number of thioether (sulfide) groups is 1. The monoisotopic (exact) mass is 874 g/mol. The van der Waals surface area contributed by atoms with Crippen LogP contribution in [0.5, 0.6) is 0 Å². The third kappa shape index (κ3) is 24.4. The number of carbonyl (C=O) groups excluding carboxylic acids is 8. The summed E-state index contributed by atoms with van der Waals surface area (Å²) in [4.78, 5) is 134. The first-order valence-corrected chi connectivity index (χ1v) is 19.9. The lowest BCUT2D eigenvalue weighted by Gasteiger charge is -2.27. The topological polar surface area (TPSA) is 464 Å². The molecule has 8 amide bonds. The third-order valence-corrected chi connectivity index (χ3v) is 8.74. The summed E-state index contributed by atoms with van der Waals surface area (Å²) < 4.78 is 0. The molecule has 0 fully saturated rings. The highest BCUT2D eigenvalue weighted by Crippen LogP contribution is 2.09. The second-order valence-electron chi connectivity index (χ2n) is 13.2. The Morgan fingerprint density at radius 3 is 1.30 bits per heavy atom. The molecule has 0 spiro atoms. The van der Waals surface area contributed by atoms with Crippen molar-refractivity contribution >= 4 is 82.9 Å². The van der Waals surface area contributed by atoms with E-state index >= 15 is 0 Å². The maximum atomic E-state index is 13.8. The van der Waals surface area contributed by atoms with E-state index < -0.39 is 128 Å². The Morgan fingerprint density at radius 1 is 0.517 bits per heavy atom. The van der Waals surface area contributed by atoms with Crippen LogP contribution in [0.15, 0.2) is 9.98 Å². The van der Waals surface area contributed by atoms with Gasteiger partial charge >= 0.3 is 11.9 Å². The van der Waals surface area contributed by atoms with Crippen molar-refractivity contribution in [2.24, 2.45) is 44.4 Å². The fourth-order valence-electron chi connectivity index (χ4n) is 5.15. The molecule has 0 rings (SSSR count). The van der Waals surface area contributed by atoms with Gasteiger partial charge in [-0.3, -0.25) is 57.9 Å². The Labute approximate surface area is 349 Å². The van der Waals surface area contributed by atoms with Crippen LogP contribution in [0.1, 0.15) is 71.1 Å². The van der Waals surface area contributed by atoms with Gasteiger partial charge in [0.05, 0.1) is 6.42 Å². The van der Waals surface area contributed by atoms with Crippen LogP contribution in [0.2, 0.25) is 0 Å². The fourth-order valence-corrected chi connectivity index (χ4v) is 5.62. The number of nitrogens with two attached hydrogens (primary N) is 6. The van der Waals surface area contributed by atoms with Crippen LogP contribution in [0.25, 0.3) is 0 Å². The minimum absolute atomic E-state index is 0.0184. The van der Waals surface area contributed by atoms with E-state index in [0.29, 0.717) is 0 Å². The summed E-state index contributed by atoms with van der Waals surface area (Å²) >= 11 is 1.25. The van der Waals surface area contributed by atoms with Gasteiger partial charge in [-0.25, -0.2) is 0 Å². The number of carbonyl (C=O) groups is 10. The lowest BCUT2D eigenvalue weighted by molar-refractivity contribution is -0.141. The molecule has 0 aromatic heterocycles. The number of guanidine groups is 2. The van der Waals surface area contributed by atoms with E-state index in [1.165, 1.54) is 11.8 Å². The third-order valence-electron chi connectivity index (χ3n) is 8.09. The molecule has 338 valence electrons. The van der Waals surface area contributed by atoms with Gasteiger partial charge in [-0.2, -0.15) is 11.8 Å². The van der Waals surface area contributed by atoms with E-state index in [-0.39, 0.29) is 62.9 Å². The molecule has 0 heterocycles. The Kier molecular flexibility index (Phi) is 25.8. The van der Waals surface area contributed by atoms with E-state index in [4.69, 9.17) is 39.5 Å². The Morgan fingerprint density at radius 2 is 0.900 bits per heavy atom. The summed E-state index contributed by atoms with van der Waals surface area (Å²) in [5, 5.41) is 32.7. The van der Waals surface area contributed by atoms with Crippen LogP contribution in [-0.2, 0) is 47.9 Å². The van der Waals surface area contributed by atoms with E-state index in [2.05, 4.69) is 41.9 Å². The van der Waals surface area contributed by atoms with Gasteiger partial charge in [0.1, 0.15) is 36.3 Å². The van der Waals surface area contributed by atoms with Crippen LogP contribution in [0.3, 0.4) is 0 Å². The van der Waals surface area contributed by atoms with Gasteiger partial charge in [0.25, 0.3) is 0 Å². The molecule has 0 aromatic carbocycles. The van der Waals surface area contributed by atoms with Crippen molar-refractivity contribution < 1.29 is 58.2 Å². The van der Waals surface area contributed by atoms with E-state index in [0.717, 1.165) is 6.92 Å². The molecule has 0 aromatic rings. The summed E-state index contributed by atoms with van der Waals surface area (Å²) in [5.74, 6) is -10.6. The summed E-state index contributed by atoms with van der Waals surface area (Å²) in [6, 6.07) is -8.94. The van der Waals surface area contributed by atoms with Crippen molar-refractivity contribution in [2.45, 2.75) is 107 Å². The zero-order valence-corrected chi connectivity index (χ0v) is 34.2. The van der Waals surface area contributed by atoms with Crippen LogP contribution >= 0.6 is 11.8 Å². The number of nitrogens with zero attached hydrogens (tertiary/aromatic N) is 2. The van der Waals surface area contributed by atoms with Gasteiger partial charge in [-0.05, 0) is 57.0 Å². The Bertz CT molecular complexity index is 1590. The zero-order chi connectivity index (χ0) is 45.9. The molecule has 20 N–H and O–H groups in total. The molecule has 26 nitrogen and oxygen atoms in total. The lowest BCUT2D eigenvalue weighted by atomic mass is 10.0. The molecule has 0 bridgehead atoms. The SMILES string of the molecule is CSCC[C@H](NC(=O)[C@H](CC(=O)O)NC(=O)[C@H](CCC(=O)O)NC(C)=O)C(=O)N[C@@H](CCC(N)=O)C(=O)N[C@@H](CCCN=C(N)N)C(=O)N[C@@H](CCCN=C(N)N)C(N)=O. The maximum Gasteiger partial charge on any atom is 0.305 e. The van der Waals surface area contributed by atoms with E-state index in [9.17, 15) is 53.1 Å². The molecule has 0 saturated carbocycles. The van der Waals surface area contributed by atoms with Crippen molar-refractivity contribution in [1.82, 2.24) is 31.9 Å². The van der Waals surface area contributed by atoms with E-state index in [1.807, 2.05) is 0 Å². The minimum atomic E-state index is -1.83. The Hall–Kier alpha value is -6.41. The number of hydrogen-bond acceptors (Lipinski definition) is 13. The molecule has 0 aliphatic heterocycles. The minimum Gasteiger partial charge on any atom is -0.481 e.